The van der Waals surface area contributed by atoms with Crippen molar-refractivity contribution in [1.29, 1.82) is 0 Å². The molecule has 3 aromatic carbocycles. The van der Waals surface area contributed by atoms with E-state index >= 15 is 0 Å². The van der Waals surface area contributed by atoms with Crippen molar-refractivity contribution in [2.24, 2.45) is 0 Å². The van der Waals surface area contributed by atoms with Gasteiger partial charge in [0, 0.05) is 16.3 Å². The first kappa shape index (κ1) is 23.3. The number of carbonyl (C=O) groups excluding carboxylic acids is 3. The van der Waals surface area contributed by atoms with Gasteiger partial charge in [-0.15, -0.1) is 0 Å². The minimum absolute atomic E-state index is 0.0125. The predicted molar refractivity (Wildman–Crippen MR) is 131 cm³/mol. The van der Waals surface area contributed by atoms with Crippen molar-refractivity contribution in [2.75, 3.05) is 10.2 Å². The number of hydrazine groups is 1. The van der Waals surface area contributed by atoms with Gasteiger partial charge in [-0.25, -0.2) is 9.40 Å². The molecule has 34 heavy (non-hydrogen) atoms. The normalized spacial score (nSPS) is 15.4. The minimum Gasteiger partial charge on any atom is -0.326 e. The third-order valence-corrected chi connectivity index (χ3v) is 5.64. The summed E-state index contributed by atoms with van der Waals surface area (Å²) in [7, 11) is 0. The minimum atomic E-state index is -1.12. The Bertz CT molecular complexity index is 1270. The molecule has 1 saturated heterocycles. The van der Waals surface area contributed by atoms with Crippen molar-refractivity contribution in [3.63, 3.8) is 0 Å². The van der Waals surface area contributed by atoms with E-state index in [1.165, 1.54) is 23.1 Å². The van der Waals surface area contributed by atoms with E-state index in [1.807, 2.05) is 0 Å². The Morgan fingerprint density at radius 2 is 1.74 bits per heavy atom. The molecule has 1 atom stereocenters. The van der Waals surface area contributed by atoms with E-state index in [2.05, 4.69) is 10.7 Å². The summed E-state index contributed by atoms with van der Waals surface area (Å²) in [6.07, 6.45) is -0.307. The number of amides is 3. The zero-order valence-corrected chi connectivity index (χ0v) is 19.1. The highest BCUT2D eigenvalue weighted by atomic mass is 35.5. The highest BCUT2D eigenvalue weighted by molar-refractivity contribution is 7.80. The van der Waals surface area contributed by atoms with Crippen LogP contribution in [0.15, 0.2) is 78.9 Å². The van der Waals surface area contributed by atoms with Crippen LogP contribution in [-0.2, 0) is 9.59 Å². The van der Waals surface area contributed by atoms with Gasteiger partial charge < -0.3 is 5.32 Å². The average Bonchev–Trinajstić information content (AvgIpc) is 3.03. The zero-order chi connectivity index (χ0) is 24.2. The molecule has 0 spiro atoms. The third kappa shape index (κ3) is 5.05. The number of para-hydroxylation sites is 1. The number of nitrogens with zero attached hydrogens (tertiary/aromatic N) is 2. The lowest BCUT2D eigenvalue weighted by molar-refractivity contribution is -0.124. The fraction of sp³-hybridized carbons (Fsp3) is 0.0833. The van der Waals surface area contributed by atoms with E-state index in [0.717, 1.165) is 11.1 Å². The van der Waals surface area contributed by atoms with Gasteiger partial charge in [-0.05, 0) is 60.7 Å². The van der Waals surface area contributed by atoms with E-state index in [-0.39, 0.29) is 17.1 Å². The van der Waals surface area contributed by atoms with Gasteiger partial charge in [0.1, 0.15) is 11.9 Å². The Kier molecular flexibility index (Phi) is 6.85. The van der Waals surface area contributed by atoms with Gasteiger partial charge >= 0.3 is 0 Å². The smallest absolute Gasteiger partial charge is 0.269 e. The van der Waals surface area contributed by atoms with Crippen LogP contribution in [0.2, 0.25) is 5.02 Å². The van der Waals surface area contributed by atoms with E-state index in [9.17, 15) is 18.8 Å². The predicted octanol–water partition coefficient (Wildman–Crippen LogP) is 4.16. The quantitative estimate of drug-likeness (QED) is 0.501. The number of halogens is 2. The summed E-state index contributed by atoms with van der Waals surface area (Å²) in [5, 5.41) is 4.28. The molecule has 4 rings (SSSR count). The Labute approximate surface area is 205 Å². The molecule has 0 saturated carbocycles. The van der Waals surface area contributed by atoms with E-state index < -0.39 is 29.6 Å². The lowest BCUT2D eigenvalue weighted by Gasteiger charge is -2.24. The van der Waals surface area contributed by atoms with Gasteiger partial charge in [0.2, 0.25) is 11.0 Å². The molecule has 0 aliphatic carbocycles. The number of hydrogen-bond acceptors (Lipinski definition) is 4. The fourth-order valence-electron chi connectivity index (χ4n) is 3.47. The van der Waals surface area contributed by atoms with Crippen LogP contribution in [0.1, 0.15) is 16.8 Å². The Morgan fingerprint density at radius 3 is 2.44 bits per heavy atom. The van der Waals surface area contributed by atoms with E-state index in [0.29, 0.717) is 16.4 Å². The maximum atomic E-state index is 13.6. The molecule has 1 aliphatic heterocycles. The van der Waals surface area contributed by atoms with Crippen molar-refractivity contribution >= 4 is 58.0 Å². The average molecular weight is 497 g/mol. The lowest BCUT2D eigenvalue weighted by atomic mass is 10.1. The molecule has 1 heterocycles. The van der Waals surface area contributed by atoms with Crippen molar-refractivity contribution in [3.8, 4) is 0 Å². The maximum absolute atomic E-state index is 13.6. The van der Waals surface area contributed by atoms with E-state index in [1.54, 1.807) is 54.6 Å². The molecule has 1 aliphatic rings. The lowest BCUT2D eigenvalue weighted by Crippen LogP contribution is -2.49. The molecule has 3 amide bonds. The van der Waals surface area contributed by atoms with Crippen LogP contribution in [0.4, 0.5) is 15.8 Å². The molecule has 0 aromatic heterocycles. The van der Waals surface area contributed by atoms with E-state index in [4.69, 9.17) is 23.8 Å². The molecule has 0 bridgehead atoms. The second-order valence-electron chi connectivity index (χ2n) is 7.39. The van der Waals surface area contributed by atoms with Crippen LogP contribution in [0.5, 0.6) is 0 Å². The fourth-order valence-corrected chi connectivity index (χ4v) is 4.03. The first-order valence-electron chi connectivity index (χ1n) is 10.2. The zero-order valence-electron chi connectivity index (χ0n) is 17.6. The molecule has 0 radical (unpaired) electrons. The van der Waals surface area contributed by atoms with Crippen LogP contribution < -0.4 is 15.6 Å². The van der Waals surface area contributed by atoms with Gasteiger partial charge in [-0.1, -0.05) is 41.9 Å². The summed E-state index contributed by atoms with van der Waals surface area (Å²) >= 11 is 11.5. The summed E-state index contributed by atoms with van der Waals surface area (Å²) in [5.74, 6) is -2.23. The van der Waals surface area contributed by atoms with Gasteiger partial charge in [-0.2, -0.15) is 0 Å². The topological polar surface area (TPSA) is 81.8 Å². The summed E-state index contributed by atoms with van der Waals surface area (Å²) < 4.78 is 13.6. The second kappa shape index (κ2) is 9.98. The molecule has 1 fully saturated rings. The largest absolute Gasteiger partial charge is 0.326 e. The van der Waals surface area contributed by atoms with Gasteiger partial charge in [-0.3, -0.25) is 24.7 Å². The monoisotopic (exact) mass is 496 g/mol. The Hall–Kier alpha value is -3.82. The summed E-state index contributed by atoms with van der Waals surface area (Å²) in [5.41, 5.74) is 3.54. The number of nitrogens with one attached hydrogen (secondary N) is 2. The maximum Gasteiger partial charge on any atom is 0.269 e. The summed E-state index contributed by atoms with van der Waals surface area (Å²) in [4.78, 5) is 40.1. The molecule has 2 N–H and O–H groups in total. The molecule has 1 unspecified atom stereocenters. The molecule has 172 valence electrons. The first-order chi connectivity index (χ1) is 16.3. The molecular weight excluding hydrogens is 479 g/mol. The van der Waals surface area contributed by atoms with Gasteiger partial charge in [0.15, 0.2) is 0 Å². The van der Waals surface area contributed by atoms with Crippen molar-refractivity contribution in [3.05, 3.63) is 95.3 Å². The SMILES string of the molecule is O=C(CC1C(=O)N(c2ccccc2)C(=S)N1NC(=O)c1cccc(F)c1)Nc1cccc(Cl)c1. The number of benzene rings is 3. The number of thiocarbonyl (C=S) groups is 1. The van der Waals surface area contributed by atoms with Crippen molar-refractivity contribution in [2.45, 2.75) is 12.5 Å². The number of hydrogen-bond donors (Lipinski definition) is 2. The highest BCUT2D eigenvalue weighted by Gasteiger charge is 2.45. The van der Waals surface area contributed by atoms with Crippen LogP contribution >= 0.6 is 23.8 Å². The van der Waals surface area contributed by atoms with Crippen molar-refractivity contribution in [1.82, 2.24) is 10.4 Å². The number of rotatable bonds is 6. The number of carbonyl (C=O) groups is 3. The Morgan fingerprint density at radius 1 is 1.00 bits per heavy atom. The van der Waals surface area contributed by atoms with Crippen LogP contribution in [0.25, 0.3) is 0 Å². The molecule has 10 heteroatoms. The van der Waals surface area contributed by atoms with Crippen LogP contribution in [0.3, 0.4) is 0 Å². The van der Waals surface area contributed by atoms with Crippen molar-refractivity contribution < 1.29 is 18.8 Å². The van der Waals surface area contributed by atoms with Gasteiger partial charge in [0.25, 0.3) is 11.8 Å². The molecular formula is C24H18ClFN4O3S. The summed E-state index contributed by atoms with van der Waals surface area (Å²) in [6.45, 7) is 0. The standard InChI is InChI=1S/C24H18ClFN4O3S/c25-16-7-5-9-18(13-16)27-21(31)14-20-23(33)29(19-10-2-1-3-11-19)24(34)30(20)28-22(32)15-6-4-8-17(26)12-15/h1-13,20H,14H2,(H,27,31)(H,28,32). The first-order valence-corrected chi connectivity index (χ1v) is 11.0. The Balaban J connectivity index is 1.60. The highest BCUT2D eigenvalue weighted by Crippen LogP contribution is 2.26. The molecule has 7 nitrogen and oxygen atoms in total. The molecule has 3 aromatic rings. The number of anilines is 2. The van der Waals surface area contributed by atoms with Crippen LogP contribution in [0, 0.1) is 5.82 Å². The summed E-state index contributed by atoms with van der Waals surface area (Å²) in [6, 6.07) is 19.2. The third-order valence-electron chi connectivity index (χ3n) is 5.02. The second-order valence-corrected chi connectivity index (χ2v) is 8.19. The van der Waals surface area contributed by atoms with Crippen LogP contribution in [-0.4, -0.2) is 33.9 Å². The van der Waals surface area contributed by atoms with Gasteiger partial charge in [0.05, 0.1) is 12.1 Å².